The van der Waals surface area contributed by atoms with Crippen LogP contribution in [0.3, 0.4) is 0 Å². The molecule has 4 aromatic rings. The molecule has 3 aliphatic rings. The molecule has 1 saturated heterocycles. The Labute approximate surface area is 310 Å². The summed E-state index contributed by atoms with van der Waals surface area (Å²) in [6.07, 6.45) is -6.87. The number of anilines is 4. The van der Waals surface area contributed by atoms with Gasteiger partial charge in [-0.2, -0.15) is 26.3 Å². The molecule has 0 N–H and O–H groups in total. The Bertz CT molecular complexity index is 1820. The van der Waals surface area contributed by atoms with Crippen LogP contribution >= 0.6 is 23.5 Å². The van der Waals surface area contributed by atoms with Gasteiger partial charge < -0.3 is 24.5 Å². The van der Waals surface area contributed by atoms with E-state index in [1.807, 2.05) is 67.5 Å². The fourth-order valence-corrected chi connectivity index (χ4v) is 8.71. The second-order valence-corrected chi connectivity index (χ2v) is 15.6. The fraction of sp³-hybridized carbons (Fsp3) is 0.385. The van der Waals surface area contributed by atoms with Gasteiger partial charge in [0.05, 0.1) is 33.9 Å². The zero-order valence-electron chi connectivity index (χ0n) is 29.5. The van der Waals surface area contributed by atoms with Crippen LogP contribution in [0.1, 0.15) is 24.0 Å². The third-order valence-electron chi connectivity index (χ3n) is 9.35. The van der Waals surface area contributed by atoms with E-state index in [0.717, 1.165) is 89.1 Å². The third kappa shape index (κ3) is 9.22. The van der Waals surface area contributed by atoms with E-state index in [-0.39, 0.29) is 0 Å². The quantitative estimate of drug-likeness (QED) is 0.164. The number of nitrogens with zero attached hydrogens (tertiary/aromatic N) is 5. The third-order valence-corrected chi connectivity index (χ3v) is 11.6. The summed E-state index contributed by atoms with van der Waals surface area (Å²) in [7, 11) is 6.13. The van der Waals surface area contributed by atoms with E-state index in [0.29, 0.717) is 24.5 Å². The van der Waals surface area contributed by atoms with E-state index in [1.54, 1.807) is 23.9 Å². The number of benzene rings is 4. The van der Waals surface area contributed by atoms with Gasteiger partial charge in [0.25, 0.3) is 0 Å². The molecule has 0 spiro atoms. The summed E-state index contributed by atoms with van der Waals surface area (Å²) in [4.78, 5) is 14.8. The Morgan fingerprint density at radius 1 is 0.558 bits per heavy atom. The zero-order valence-corrected chi connectivity index (χ0v) is 31.1. The molecule has 4 aromatic carbocycles. The van der Waals surface area contributed by atoms with Crippen molar-refractivity contribution in [2.24, 2.45) is 0 Å². The molecule has 5 nitrogen and oxygen atoms in total. The number of fused-ring (bicyclic) bond motifs is 4. The SMILES string of the molecule is CN(C)CCCN1c2ccccc2Sc2ccc(C(F)(F)F)cc21.CN1CCN(CCCN2c3ccccc3Sc3ccc(C(F)(F)F)cc32)CC1. The lowest BCUT2D eigenvalue weighted by molar-refractivity contribution is -0.138. The number of likely N-dealkylation sites (N-methyl/N-ethyl adjacent to an activating group) is 1. The maximum absolute atomic E-state index is 13.3. The first-order chi connectivity index (χ1) is 24.8. The molecule has 3 aliphatic heterocycles. The lowest BCUT2D eigenvalue weighted by atomic mass is 10.1. The molecule has 0 saturated carbocycles. The molecule has 7 rings (SSSR count). The van der Waals surface area contributed by atoms with Crippen LogP contribution in [0, 0.1) is 0 Å². The standard InChI is InChI=1S/C21H24F3N3S.C18H19F3N2S/c1-25-11-13-26(14-12-25)9-4-10-27-17-5-2-3-6-19(17)28-20-8-7-16(15-18(20)27)21(22,23)24;1-22(2)10-5-11-23-14-6-3-4-7-16(14)24-17-9-8-13(12-15(17)23)18(19,20)21/h2-3,5-8,15H,4,9-14H2,1H3;3-4,6-9,12H,5,10-11H2,1-2H3. The molecule has 278 valence electrons. The number of para-hydroxylation sites is 2. The number of hydrogen-bond donors (Lipinski definition) is 0. The molecular formula is C39H43F6N5S2. The average molecular weight is 760 g/mol. The highest BCUT2D eigenvalue weighted by molar-refractivity contribution is 8.00. The molecule has 0 bridgehead atoms. The highest BCUT2D eigenvalue weighted by atomic mass is 32.2. The lowest BCUT2D eigenvalue weighted by Gasteiger charge is -2.35. The highest BCUT2D eigenvalue weighted by Crippen LogP contribution is 2.51. The predicted octanol–water partition coefficient (Wildman–Crippen LogP) is 10.2. The largest absolute Gasteiger partial charge is 0.416 e. The second kappa shape index (κ2) is 16.3. The summed E-state index contributed by atoms with van der Waals surface area (Å²) < 4.78 is 79.1. The van der Waals surface area contributed by atoms with Crippen LogP contribution in [0.2, 0.25) is 0 Å². The van der Waals surface area contributed by atoms with Crippen molar-refractivity contribution in [2.75, 3.05) is 83.3 Å². The van der Waals surface area contributed by atoms with Crippen LogP contribution in [-0.2, 0) is 12.4 Å². The van der Waals surface area contributed by atoms with Crippen LogP contribution in [0.4, 0.5) is 49.1 Å². The van der Waals surface area contributed by atoms with Crippen molar-refractivity contribution in [3.05, 3.63) is 96.1 Å². The smallest absolute Gasteiger partial charge is 0.340 e. The van der Waals surface area contributed by atoms with Gasteiger partial charge in [0.2, 0.25) is 0 Å². The van der Waals surface area contributed by atoms with Gasteiger partial charge in [0.15, 0.2) is 0 Å². The van der Waals surface area contributed by atoms with E-state index < -0.39 is 23.5 Å². The van der Waals surface area contributed by atoms with Crippen LogP contribution in [-0.4, -0.2) is 88.2 Å². The molecule has 0 atom stereocenters. The van der Waals surface area contributed by atoms with Gasteiger partial charge in [-0.05, 0) is 108 Å². The zero-order chi connectivity index (χ0) is 37.0. The Balaban J connectivity index is 0.000000181. The predicted molar refractivity (Wildman–Crippen MR) is 200 cm³/mol. The van der Waals surface area contributed by atoms with E-state index in [4.69, 9.17) is 0 Å². The molecule has 0 amide bonds. The van der Waals surface area contributed by atoms with Crippen molar-refractivity contribution in [1.29, 1.82) is 0 Å². The minimum Gasteiger partial charge on any atom is -0.340 e. The number of rotatable bonds is 8. The van der Waals surface area contributed by atoms with Gasteiger partial charge in [0, 0.05) is 58.9 Å². The lowest BCUT2D eigenvalue weighted by Crippen LogP contribution is -2.45. The maximum atomic E-state index is 13.3. The molecule has 0 aromatic heterocycles. The summed E-state index contributed by atoms with van der Waals surface area (Å²) in [5, 5.41) is 0. The van der Waals surface area contributed by atoms with Crippen molar-refractivity contribution in [3.8, 4) is 0 Å². The number of alkyl halides is 6. The van der Waals surface area contributed by atoms with Gasteiger partial charge in [-0.25, -0.2) is 0 Å². The average Bonchev–Trinajstić information content (AvgIpc) is 3.11. The minimum atomic E-state index is -4.33. The number of piperazine rings is 1. The van der Waals surface area contributed by atoms with Crippen molar-refractivity contribution in [3.63, 3.8) is 0 Å². The minimum absolute atomic E-state index is 0.588. The van der Waals surface area contributed by atoms with Crippen molar-refractivity contribution >= 4 is 46.3 Å². The molecular weight excluding hydrogens is 717 g/mol. The van der Waals surface area contributed by atoms with E-state index in [1.165, 1.54) is 30.0 Å². The summed E-state index contributed by atoms with van der Waals surface area (Å²) in [6.45, 7) is 7.49. The van der Waals surface area contributed by atoms with Crippen LogP contribution in [0.15, 0.2) is 105 Å². The van der Waals surface area contributed by atoms with Crippen molar-refractivity contribution in [2.45, 2.75) is 44.8 Å². The second-order valence-electron chi connectivity index (χ2n) is 13.5. The Morgan fingerprint density at radius 2 is 1.00 bits per heavy atom. The molecule has 13 heteroatoms. The molecule has 0 aliphatic carbocycles. The van der Waals surface area contributed by atoms with Crippen molar-refractivity contribution < 1.29 is 26.3 Å². The first-order valence-corrected chi connectivity index (χ1v) is 19.0. The molecule has 0 unspecified atom stereocenters. The highest BCUT2D eigenvalue weighted by Gasteiger charge is 2.34. The molecule has 3 heterocycles. The summed E-state index contributed by atoms with van der Waals surface area (Å²) in [6, 6.07) is 23.9. The van der Waals surface area contributed by atoms with E-state index >= 15 is 0 Å². The monoisotopic (exact) mass is 759 g/mol. The topological polar surface area (TPSA) is 16.2 Å². The maximum Gasteiger partial charge on any atom is 0.416 e. The van der Waals surface area contributed by atoms with Gasteiger partial charge in [-0.1, -0.05) is 47.8 Å². The summed E-state index contributed by atoms with van der Waals surface area (Å²) >= 11 is 3.07. The Morgan fingerprint density at radius 3 is 1.46 bits per heavy atom. The van der Waals surface area contributed by atoms with Crippen LogP contribution < -0.4 is 9.80 Å². The van der Waals surface area contributed by atoms with Gasteiger partial charge in [0.1, 0.15) is 0 Å². The Hall–Kier alpha value is -3.36. The summed E-state index contributed by atoms with van der Waals surface area (Å²) in [5.74, 6) is 0. The molecule has 0 radical (unpaired) electrons. The van der Waals surface area contributed by atoms with Crippen molar-refractivity contribution in [1.82, 2.24) is 14.7 Å². The fourth-order valence-electron chi connectivity index (χ4n) is 6.56. The van der Waals surface area contributed by atoms with E-state index in [2.05, 4.69) is 26.6 Å². The first kappa shape index (κ1) is 38.4. The van der Waals surface area contributed by atoms with E-state index in [9.17, 15) is 26.3 Å². The number of halogens is 6. The number of hydrogen-bond acceptors (Lipinski definition) is 7. The van der Waals surface area contributed by atoms with Gasteiger partial charge >= 0.3 is 12.4 Å². The van der Waals surface area contributed by atoms with Gasteiger partial charge in [-0.3, -0.25) is 0 Å². The summed E-state index contributed by atoms with van der Waals surface area (Å²) in [5.41, 5.74) is 2.10. The molecule has 1 fully saturated rings. The van der Waals surface area contributed by atoms with Crippen LogP contribution in [0.5, 0.6) is 0 Å². The Kier molecular flexibility index (Phi) is 12.1. The normalized spacial score (nSPS) is 16.1. The molecule has 52 heavy (non-hydrogen) atoms. The van der Waals surface area contributed by atoms with Crippen LogP contribution in [0.25, 0.3) is 0 Å². The van der Waals surface area contributed by atoms with Gasteiger partial charge in [-0.15, -0.1) is 0 Å². The first-order valence-electron chi connectivity index (χ1n) is 17.3.